The summed E-state index contributed by atoms with van der Waals surface area (Å²) in [6.45, 7) is 0.373. The molecule has 3 aromatic rings. The Labute approximate surface area is 419 Å². The van der Waals surface area contributed by atoms with E-state index in [0.717, 1.165) is 0 Å². The van der Waals surface area contributed by atoms with Gasteiger partial charge < -0.3 is 96.9 Å². The van der Waals surface area contributed by atoms with Gasteiger partial charge in [0, 0.05) is 58.9 Å². The number of benzene rings is 3. The normalized spacial score (nSPS) is 12.0. The van der Waals surface area contributed by atoms with E-state index in [2.05, 4.69) is 46.9 Å². The standard InChI is InChI=1S/C45H66N16O12/c46-43(47)55-16-4-10-28(58-37(68)25-7-1-13-31(62)34(25)65)40(71)52-19-22-61(23-20-53-41(72)29(11-5-17-56-44(48)49)59-38(69)26-8-2-14-32(63)35(26)66)24-21-54-42(73)30(12-6-18-57-45(50)51)60-39(70)27-9-3-15-33(64)36(27)67/h1-3,7-9,13-15,28-30,62-67H,4-6,10-12,16-24H2,(H,52,71)(H,53,72)(H,54,73)(H,58,68)(H,59,69)(H,60,70)(H4,46,47,55)(H4,48,49,56)(H4,50,51,57)/t28-,29-,30-/m0/s1. The highest BCUT2D eigenvalue weighted by Gasteiger charge is 2.27. The number of carbonyl (C=O) groups excluding carboxylic acids is 6. The van der Waals surface area contributed by atoms with Crippen molar-refractivity contribution in [3.8, 4) is 34.5 Å². The fourth-order valence-electron chi connectivity index (χ4n) is 6.89. The lowest BCUT2D eigenvalue weighted by atomic mass is 10.1. The summed E-state index contributed by atoms with van der Waals surface area (Å²) in [5.74, 6) is -8.82. The Morgan fingerprint density at radius 1 is 0.438 bits per heavy atom. The topological polar surface area (TPSA) is 492 Å². The van der Waals surface area contributed by atoms with Crippen LogP contribution >= 0.6 is 0 Å². The number of amides is 6. The van der Waals surface area contributed by atoms with Gasteiger partial charge in [0.15, 0.2) is 52.4 Å². The van der Waals surface area contributed by atoms with Crippen molar-refractivity contribution < 1.29 is 59.4 Å². The summed E-state index contributed by atoms with van der Waals surface area (Å²) in [6.07, 6.45) is 0.840. The maximum absolute atomic E-state index is 13.7. The Morgan fingerprint density at radius 3 is 0.945 bits per heavy atom. The molecule has 0 unspecified atom stereocenters. The molecule has 6 amide bonds. The van der Waals surface area contributed by atoms with Crippen LogP contribution in [0.5, 0.6) is 34.5 Å². The molecule has 0 radical (unpaired) electrons. The molecular weight excluding hydrogens is 957 g/mol. The van der Waals surface area contributed by atoms with Crippen molar-refractivity contribution in [1.82, 2.24) is 36.8 Å². The van der Waals surface area contributed by atoms with Gasteiger partial charge >= 0.3 is 0 Å². The zero-order valence-electron chi connectivity index (χ0n) is 39.9. The van der Waals surface area contributed by atoms with Crippen molar-refractivity contribution in [2.45, 2.75) is 56.7 Å². The van der Waals surface area contributed by atoms with Crippen molar-refractivity contribution >= 4 is 53.3 Å². The van der Waals surface area contributed by atoms with E-state index >= 15 is 0 Å². The van der Waals surface area contributed by atoms with E-state index in [-0.39, 0.29) is 132 Å². The average Bonchev–Trinajstić information content (AvgIpc) is 3.33. The van der Waals surface area contributed by atoms with Crippen LogP contribution in [-0.2, 0) is 14.4 Å². The number of nitrogens with two attached hydrogens (primary N) is 6. The number of hydrogen-bond acceptors (Lipinski definition) is 16. The minimum Gasteiger partial charge on any atom is -0.504 e. The molecule has 0 spiro atoms. The van der Waals surface area contributed by atoms with Crippen molar-refractivity contribution in [3.05, 3.63) is 71.3 Å². The van der Waals surface area contributed by atoms with Crippen molar-refractivity contribution in [3.63, 3.8) is 0 Å². The summed E-state index contributed by atoms with van der Waals surface area (Å²) in [5.41, 5.74) is 31.7. The highest BCUT2D eigenvalue weighted by Crippen LogP contribution is 2.30. The average molecular weight is 1020 g/mol. The summed E-state index contributed by atoms with van der Waals surface area (Å²) in [6, 6.07) is 7.72. The molecule has 0 aromatic heterocycles. The van der Waals surface area contributed by atoms with Gasteiger partial charge in [-0.3, -0.25) is 48.6 Å². The summed E-state index contributed by atoms with van der Waals surface area (Å²) in [4.78, 5) is 94.0. The largest absolute Gasteiger partial charge is 0.504 e. The predicted octanol–water partition coefficient (Wildman–Crippen LogP) is -3.57. The van der Waals surface area contributed by atoms with Crippen LogP contribution in [0.3, 0.4) is 0 Å². The van der Waals surface area contributed by atoms with Gasteiger partial charge in [-0.25, -0.2) is 0 Å². The molecule has 3 rings (SSSR count). The van der Waals surface area contributed by atoms with E-state index in [1.54, 1.807) is 4.90 Å². The van der Waals surface area contributed by atoms with Gasteiger partial charge in [0.2, 0.25) is 17.7 Å². The summed E-state index contributed by atoms with van der Waals surface area (Å²) in [7, 11) is 0. The second-order valence-corrected chi connectivity index (χ2v) is 16.2. The number of para-hydroxylation sites is 3. The second kappa shape index (κ2) is 29.9. The molecule has 3 aromatic carbocycles. The number of carbonyl (C=O) groups is 6. The number of hydrogen-bond donors (Lipinski definition) is 18. The molecule has 0 aliphatic heterocycles. The first-order valence-electron chi connectivity index (χ1n) is 22.9. The summed E-state index contributed by atoms with van der Waals surface area (Å²) >= 11 is 0. The maximum Gasteiger partial charge on any atom is 0.255 e. The van der Waals surface area contributed by atoms with Gasteiger partial charge in [0.25, 0.3) is 17.7 Å². The van der Waals surface area contributed by atoms with E-state index in [9.17, 15) is 59.4 Å². The molecule has 24 N–H and O–H groups in total. The number of phenols is 6. The van der Waals surface area contributed by atoms with Gasteiger partial charge in [0.1, 0.15) is 18.1 Å². The molecule has 0 aliphatic rings. The van der Waals surface area contributed by atoms with Crippen molar-refractivity contribution in [1.29, 1.82) is 0 Å². The van der Waals surface area contributed by atoms with E-state index < -0.39 is 88.1 Å². The molecule has 0 bridgehead atoms. The first-order valence-corrected chi connectivity index (χ1v) is 22.9. The fraction of sp³-hybridized carbons (Fsp3) is 0.400. The number of rotatable bonds is 30. The third kappa shape index (κ3) is 20.1. The van der Waals surface area contributed by atoms with E-state index in [4.69, 9.17) is 34.4 Å². The monoisotopic (exact) mass is 1020 g/mol. The van der Waals surface area contributed by atoms with Gasteiger partial charge in [-0.2, -0.15) is 0 Å². The lowest BCUT2D eigenvalue weighted by Gasteiger charge is -2.25. The van der Waals surface area contributed by atoms with Crippen molar-refractivity contribution in [2.24, 2.45) is 49.4 Å². The second-order valence-electron chi connectivity index (χ2n) is 16.2. The molecule has 0 heterocycles. The van der Waals surface area contributed by atoms with Crippen LogP contribution in [0.2, 0.25) is 0 Å². The lowest BCUT2D eigenvalue weighted by Crippen LogP contribution is -2.51. The first-order chi connectivity index (χ1) is 34.7. The quantitative estimate of drug-likeness (QED) is 0.0133. The molecule has 3 atom stereocenters. The van der Waals surface area contributed by atoms with E-state index in [0.29, 0.717) is 0 Å². The van der Waals surface area contributed by atoms with Gasteiger partial charge in [0.05, 0.1) is 16.7 Å². The Kier molecular flexibility index (Phi) is 23.9. The smallest absolute Gasteiger partial charge is 0.255 e. The van der Waals surface area contributed by atoms with Crippen LogP contribution < -0.4 is 66.3 Å². The lowest BCUT2D eigenvalue weighted by molar-refractivity contribution is -0.123. The minimum absolute atomic E-state index is 0.0408. The van der Waals surface area contributed by atoms with Crippen LogP contribution in [0.25, 0.3) is 0 Å². The van der Waals surface area contributed by atoms with Gasteiger partial charge in [-0.15, -0.1) is 0 Å². The zero-order chi connectivity index (χ0) is 54.0. The van der Waals surface area contributed by atoms with Crippen molar-refractivity contribution in [2.75, 3.05) is 58.9 Å². The number of guanidine groups is 3. The fourth-order valence-corrected chi connectivity index (χ4v) is 6.89. The SMILES string of the molecule is NC(N)=NCCC[C@H](NC(=O)c1cccc(O)c1O)C(=O)NCCN(CCNC(=O)[C@H](CCCN=C(N)N)NC(=O)c1cccc(O)c1O)CCNC(=O)[C@H](CCCN=C(N)N)NC(=O)c1cccc(O)c1O. The Balaban J connectivity index is 1.82. The third-order valence-corrected chi connectivity index (χ3v) is 10.7. The van der Waals surface area contributed by atoms with Crippen LogP contribution in [0.15, 0.2) is 69.6 Å². The Bertz CT molecular complexity index is 2200. The van der Waals surface area contributed by atoms with E-state index in [1.807, 2.05) is 0 Å². The number of nitrogens with zero attached hydrogens (tertiary/aromatic N) is 4. The summed E-state index contributed by atoms with van der Waals surface area (Å²) in [5, 5.41) is 76.7. The molecule has 28 nitrogen and oxygen atoms in total. The third-order valence-electron chi connectivity index (χ3n) is 10.7. The number of phenolic OH excluding ortho intramolecular Hbond substituents is 6. The highest BCUT2D eigenvalue weighted by atomic mass is 16.3. The van der Waals surface area contributed by atoms with Crippen LogP contribution in [0, 0.1) is 0 Å². The Morgan fingerprint density at radius 2 is 0.699 bits per heavy atom. The minimum atomic E-state index is -1.18. The van der Waals surface area contributed by atoms with Crippen LogP contribution in [0.1, 0.15) is 69.6 Å². The Hall–Kier alpha value is -8.95. The first kappa shape index (κ1) is 58.4. The molecule has 0 aliphatic carbocycles. The molecule has 0 saturated heterocycles. The number of nitrogens with one attached hydrogen (secondary N) is 6. The molecule has 0 fully saturated rings. The zero-order valence-corrected chi connectivity index (χ0v) is 39.9. The maximum atomic E-state index is 13.7. The number of aromatic hydroxyl groups is 6. The van der Waals surface area contributed by atoms with Gasteiger partial charge in [-0.05, 0) is 74.9 Å². The van der Waals surface area contributed by atoms with Crippen LogP contribution in [0.4, 0.5) is 0 Å². The molecule has 73 heavy (non-hydrogen) atoms. The molecule has 28 heteroatoms. The molecule has 398 valence electrons. The van der Waals surface area contributed by atoms with Crippen LogP contribution in [-0.4, -0.2) is 166 Å². The summed E-state index contributed by atoms with van der Waals surface area (Å²) < 4.78 is 0. The number of aliphatic imine (C=N–C) groups is 3. The van der Waals surface area contributed by atoms with Gasteiger partial charge in [-0.1, -0.05) is 18.2 Å². The molecular formula is C45H66N16O12. The van der Waals surface area contributed by atoms with E-state index in [1.165, 1.54) is 54.6 Å². The highest BCUT2D eigenvalue weighted by molar-refractivity contribution is 6.02. The molecule has 0 saturated carbocycles. The predicted molar refractivity (Wildman–Crippen MR) is 268 cm³/mol.